The first-order chi connectivity index (χ1) is 5.77. The van der Waals surface area contributed by atoms with Gasteiger partial charge in [0.2, 0.25) is 0 Å². The molecule has 1 amide bonds. The Bertz CT molecular complexity index is 348. The van der Waals surface area contributed by atoms with E-state index in [9.17, 15) is 9.59 Å². The Morgan fingerprint density at radius 1 is 1.25 bits per heavy atom. The topological polar surface area (TPSA) is 46.5 Å². The molecule has 0 saturated heterocycles. The quantitative estimate of drug-likeness (QED) is 0.527. The maximum atomic E-state index is 11.1. The molecule has 1 aliphatic heterocycles. The minimum absolute atomic E-state index is 0.0665. The monoisotopic (exact) mass is 161 g/mol. The molecule has 0 aromatic rings. The van der Waals surface area contributed by atoms with Crippen LogP contribution in [0.1, 0.15) is 12.8 Å². The maximum Gasteiger partial charge on any atom is 0.276 e. The molecule has 0 atom stereocenters. The van der Waals surface area contributed by atoms with Gasteiger partial charge in [-0.1, -0.05) is 0 Å². The minimum Gasteiger partial charge on any atom is -0.294 e. The molecule has 0 saturated carbocycles. The zero-order valence-electron chi connectivity index (χ0n) is 6.41. The van der Waals surface area contributed by atoms with E-state index in [1.807, 2.05) is 0 Å². The van der Waals surface area contributed by atoms with E-state index >= 15 is 0 Å². The smallest absolute Gasteiger partial charge is 0.276 e. The lowest BCUT2D eigenvalue weighted by Crippen LogP contribution is -2.13. The molecule has 3 nitrogen and oxygen atoms in total. The molecule has 0 bridgehead atoms. The van der Waals surface area contributed by atoms with Gasteiger partial charge >= 0.3 is 0 Å². The number of carbonyl (C=O) groups is 2. The molecular formula is C9H7NO2. The van der Waals surface area contributed by atoms with Gasteiger partial charge < -0.3 is 0 Å². The fourth-order valence-electron chi connectivity index (χ4n) is 1.37. The van der Waals surface area contributed by atoms with Crippen LogP contribution in [0.5, 0.6) is 0 Å². The Hall–Kier alpha value is -1.51. The van der Waals surface area contributed by atoms with Crippen molar-refractivity contribution in [2.75, 3.05) is 0 Å². The van der Waals surface area contributed by atoms with Crippen LogP contribution in [0.25, 0.3) is 0 Å². The maximum absolute atomic E-state index is 11.1. The molecule has 1 heterocycles. The molecule has 2 rings (SSSR count). The lowest BCUT2D eigenvalue weighted by atomic mass is 9.93. The molecule has 0 aromatic carbocycles. The molecule has 3 heteroatoms. The van der Waals surface area contributed by atoms with Crippen molar-refractivity contribution in [1.82, 2.24) is 0 Å². The number of nitrogens with zero attached hydrogens (tertiary/aromatic N) is 1. The van der Waals surface area contributed by atoms with E-state index in [-0.39, 0.29) is 11.7 Å². The SMILES string of the molecule is O=C1C=CC2=C(CC=NC2=O)C1. The number of ketones is 1. The molecule has 0 aromatic heterocycles. The summed E-state index contributed by atoms with van der Waals surface area (Å²) >= 11 is 0. The second-order valence-corrected chi connectivity index (χ2v) is 2.81. The Balaban J connectivity index is 2.40. The van der Waals surface area contributed by atoms with Crippen LogP contribution in [0, 0.1) is 0 Å². The third-order valence-electron chi connectivity index (χ3n) is 1.98. The molecule has 0 fully saturated rings. The summed E-state index contributed by atoms with van der Waals surface area (Å²) in [4.78, 5) is 25.7. The van der Waals surface area contributed by atoms with Gasteiger partial charge in [0.1, 0.15) is 0 Å². The normalized spacial score (nSPS) is 21.7. The first-order valence-electron chi connectivity index (χ1n) is 3.77. The van der Waals surface area contributed by atoms with Crippen molar-refractivity contribution in [3.8, 4) is 0 Å². The van der Waals surface area contributed by atoms with E-state index in [1.54, 1.807) is 12.3 Å². The highest BCUT2D eigenvalue weighted by molar-refractivity contribution is 6.08. The second kappa shape index (κ2) is 2.52. The highest BCUT2D eigenvalue weighted by atomic mass is 16.1. The third kappa shape index (κ3) is 1.03. The van der Waals surface area contributed by atoms with Crippen LogP contribution in [0.2, 0.25) is 0 Å². The number of amides is 1. The number of hydrogen-bond acceptors (Lipinski definition) is 2. The van der Waals surface area contributed by atoms with Gasteiger partial charge in [-0.15, -0.1) is 0 Å². The van der Waals surface area contributed by atoms with E-state index in [0.29, 0.717) is 18.4 Å². The molecule has 0 unspecified atom stereocenters. The first-order valence-corrected chi connectivity index (χ1v) is 3.77. The van der Waals surface area contributed by atoms with Gasteiger partial charge in [0.05, 0.1) is 0 Å². The van der Waals surface area contributed by atoms with E-state index in [0.717, 1.165) is 5.57 Å². The third-order valence-corrected chi connectivity index (χ3v) is 1.98. The predicted molar refractivity (Wildman–Crippen MR) is 43.9 cm³/mol. The van der Waals surface area contributed by atoms with Crippen molar-refractivity contribution in [1.29, 1.82) is 0 Å². The van der Waals surface area contributed by atoms with Crippen LogP contribution in [-0.2, 0) is 9.59 Å². The fourth-order valence-corrected chi connectivity index (χ4v) is 1.37. The highest BCUT2D eigenvalue weighted by Gasteiger charge is 2.20. The molecule has 0 spiro atoms. The van der Waals surface area contributed by atoms with Crippen molar-refractivity contribution >= 4 is 17.9 Å². The van der Waals surface area contributed by atoms with Crippen LogP contribution in [0.3, 0.4) is 0 Å². The first kappa shape index (κ1) is 7.16. The largest absolute Gasteiger partial charge is 0.294 e. The zero-order valence-corrected chi connectivity index (χ0v) is 6.41. The molecule has 12 heavy (non-hydrogen) atoms. The summed E-state index contributed by atoms with van der Waals surface area (Å²) in [5.74, 6) is -0.156. The number of carbonyl (C=O) groups excluding carboxylic acids is 2. The van der Waals surface area contributed by atoms with Gasteiger partial charge in [-0.3, -0.25) is 9.59 Å². The second-order valence-electron chi connectivity index (χ2n) is 2.81. The summed E-state index contributed by atoms with van der Waals surface area (Å²) in [5, 5.41) is 0. The molecule has 1 aliphatic carbocycles. The minimum atomic E-state index is -0.222. The summed E-state index contributed by atoms with van der Waals surface area (Å²) in [5.41, 5.74) is 1.51. The molecular weight excluding hydrogens is 154 g/mol. The van der Waals surface area contributed by atoms with Gasteiger partial charge in [-0.2, -0.15) is 0 Å². The van der Waals surface area contributed by atoms with Crippen molar-refractivity contribution in [3.05, 3.63) is 23.3 Å². The van der Waals surface area contributed by atoms with Crippen LogP contribution < -0.4 is 0 Å². The average Bonchev–Trinajstić information content (AvgIpc) is 2.04. The number of dihydropyridines is 1. The fraction of sp³-hybridized carbons (Fsp3) is 0.222. The van der Waals surface area contributed by atoms with Crippen molar-refractivity contribution in [2.45, 2.75) is 12.8 Å². The summed E-state index contributed by atoms with van der Waals surface area (Å²) in [6, 6.07) is 0. The highest BCUT2D eigenvalue weighted by Crippen LogP contribution is 2.22. The van der Waals surface area contributed by atoms with Gasteiger partial charge in [-0.25, -0.2) is 4.99 Å². The van der Waals surface area contributed by atoms with E-state index < -0.39 is 0 Å². The number of hydrogen-bond donors (Lipinski definition) is 0. The molecule has 60 valence electrons. The van der Waals surface area contributed by atoms with Crippen molar-refractivity contribution in [3.63, 3.8) is 0 Å². The predicted octanol–water partition coefficient (Wildman–Crippen LogP) is 0.813. The zero-order chi connectivity index (χ0) is 8.55. The molecule has 2 aliphatic rings. The molecule has 0 N–H and O–H groups in total. The Labute approximate surface area is 69.5 Å². The average molecular weight is 161 g/mol. The lowest BCUT2D eigenvalue weighted by Gasteiger charge is -2.13. The van der Waals surface area contributed by atoms with Crippen molar-refractivity contribution in [2.24, 2.45) is 4.99 Å². The van der Waals surface area contributed by atoms with Crippen LogP contribution >= 0.6 is 0 Å². The number of rotatable bonds is 0. The van der Waals surface area contributed by atoms with E-state index in [2.05, 4.69) is 4.99 Å². The van der Waals surface area contributed by atoms with Gasteiger partial charge in [0.15, 0.2) is 5.78 Å². The van der Waals surface area contributed by atoms with Crippen LogP contribution in [0.4, 0.5) is 0 Å². The summed E-state index contributed by atoms with van der Waals surface area (Å²) in [6.45, 7) is 0. The van der Waals surface area contributed by atoms with Crippen LogP contribution in [0.15, 0.2) is 28.3 Å². The van der Waals surface area contributed by atoms with Crippen molar-refractivity contribution < 1.29 is 9.59 Å². The standard InChI is InChI=1S/C9H7NO2/c11-7-1-2-8-6(5-7)3-4-10-9(8)12/h1-2,4H,3,5H2. The van der Waals surface area contributed by atoms with E-state index in [4.69, 9.17) is 0 Å². The van der Waals surface area contributed by atoms with Gasteiger partial charge in [0, 0.05) is 24.6 Å². The Kier molecular flexibility index (Phi) is 1.50. The van der Waals surface area contributed by atoms with Gasteiger partial charge in [0.25, 0.3) is 5.91 Å². The lowest BCUT2D eigenvalue weighted by molar-refractivity contribution is -0.114. The summed E-state index contributed by atoms with van der Waals surface area (Å²) in [6.07, 6.45) is 5.59. The Morgan fingerprint density at radius 3 is 2.92 bits per heavy atom. The number of aliphatic imine (C=N–C) groups is 1. The van der Waals surface area contributed by atoms with E-state index in [1.165, 1.54) is 6.08 Å². The summed E-state index contributed by atoms with van der Waals surface area (Å²) < 4.78 is 0. The van der Waals surface area contributed by atoms with Gasteiger partial charge in [-0.05, 0) is 17.7 Å². The molecule has 0 radical (unpaired) electrons. The Morgan fingerprint density at radius 2 is 2.08 bits per heavy atom. The summed E-state index contributed by atoms with van der Waals surface area (Å²) in [7, 11) is 0. The van der Waals surface area contributed by atoms with Crippen LogP contribution in [-0.4, -0.2) is 17.9 Å². The number of allylic oxidation sites excluding steroid dienone is 2.